The molecule has 1 aliphatic heterocycles. The van der Waals surface area contributed by atoms with Crippen molar-refractivity contribution < 1.29 is 24.2 Å². The molecule has 7 heteroatoms. The number of aromatic nitrogens is 2. The third-order valence-corrected chi connectivity index (χ3v) is 3.87. The normalized spacial score (nSPS) is 17.0. The fraction of sp³-hybridized carbons (Fsp3) is 0.267. The van der Waals surface area contributed by atoms with Crippen LogP contribution >= 0.6 is 0 Å². The molecule has 2 heterocycles. The van der Waals surface area contributed by atoms with Crippen LogP contribution in [-0.2, 0) is 17.8 Å². The Kier molecular flexibility index (Phi) is 3.40. The Hall–Kier alpha value is -2.70. The molecule has 1 aliphatic rings. The smallest absolute Gasteiger partial charge is 0.356 e. The monoisotopic (exact) mass is 304 g/mol. The van der Waals surface area contributed by atoms with Gasteiger partial charge < -0.3 is 14.8 Å². The topological polar surface area (TPSA) is 92.4 Å². The average Bonchev–Trinajstić information content (AvgIpc) is 2.87. The number of hydrogen-bond acceptors (Lipinski definition) is 3. The highest BCUT2D eigenvalue weighted by molar-refractivity contribution is 5.88. The van der Waals surface area contributed by atoms with Crippen molar-refractivity contribution in [2.75, 3.05) is 0 Å². The second-order valence-electron chi connectivity index (χ2n) is 5.22. The van der Waals surface area contributed by atoms with E-state index in [4.69, 9.17) is 5.11 Å². The predicted octanol–water partition coefficient (Wildman–Crippen LogP) is 2.03. The third kappa shape index (κ3) is 2.34. The van der Waals surface area contributed by atoms with Gasteiger partial charge in [0.2, 0.25) is 0 Å². The number of nitrogens with zero attached hydrogens (tertiary/aromatic N) is 2. The average molecular weight is 304 g/mol. The molecule has 3 rings (SSSR count). The van der Waals surface area contributed by atoms with E-state index in [2.05, 4.69) is 4.98 Å². The maximum Gasteiger partial charge on any atom is 0.356 e. The molecule has 2 N–H and O–H groups in total. The van der Waals surface area contributed by atoms with E-state index in [1.165, 1.54) is 24.3 Å². The molecule has 0 amide bonds. The second-order valence-corrected chi connectivity index (χ2v) is 5.22. The summed E-state index contributed by atoms with van der Waals surface area (Å²) in [7, 11) is 0. The Labute approximate surface area is 124 Å². The zero-order valence-electron chi connectivity index (χ0n) is 11.5. The lowest BCUT2D eigenvalue weighted by Crippen LogP contribution is -2.26. The van der Waals surface area contributed by atoms with E-state index in [0.717, 1.165) is 0 Å². The van der Waals surface area contributed by atoms with E-state index >= 15 is 0 Å². The second kappa shape index (κ2) is 5.25. The molecule has 114 valence electrons. The van der Waals surface area contributed by atoms with Gasteiger partial charge in [-0.25, -0.2) is 14.2 Å². The fourth-order valence-corrected chi connectivity index (χ4v) is 2.76. The highest BCUT2D eigenvalue weighted by Gasteiger charge is 2.31. The number of fused-ring (bicyclic) bond motifs is 1. The first-order chi connectivity index (χ1) is 10.5. The summed E-state index contributed by atoms with van der Waals surface area (Å²) >= 11 is 0. The van der Waals surface area contributed by atoms with Crippen LogP contribution in [0.1, 0.15) is 22.6 Å². The van der Waals surface area contributed by atoms with Gasteiger partial charge in [0.15, 0.2) is 5.69 Å². The highest BCUT2D eigenvalue weighted by atomic mass is 19.1. The lowest BCUT2D eigenvalue weighted by atomic mass is 9.95. The molecule has 0 saturated heterocycles. The minimum absolute atomic E-state index is 0.130. The van der Waals surface area contributed by atoms with Crippen LogP contribution in [0.15, 0.2) is 24.3 Å². The number of halogens is 1. The van der Waals surface area contributed by atoms with Crippen molar-refractivity contribution >= 4 is 11.9 Å². The Morgan fingerprint density at radius 3 is 2.50 bits per heavy atom. The summed E-state index contributed by atoms with van der Waals surface area (Å²) in [5.74, 6) is -2.70. The zero-order valence-corrected chi connectivity index (χ0v) is 11.5. The molecule has 22 heavy (non-hydrogen) atoms. The summed E-state index contributed by atoms with van der Waals surface area (Å²) in [6, 6.07) is 5.61. The molecule has 1 atom stereocenters. The van der Waals surface area contributed by atoms with Gasteiger partial charge >= 0.3 is 11.9 Å². The van der Waals surface area contributed by atoms with Crippen molar-refractivity contribution in [3.63, 3.8) is 0 Å². The Balaban J connectivity index is 2.10. The van der Waals surface area contributed by atoms with Crippen LogP contribution in [0.4, 0.5) is 4.39 Å². The maximum absolute atomic E-state index is 13.0. The summed E-state index contributed by atoms with van der Waals surface area (Å²) in [5.41, 5.74) is 0.875. The van der Waals surface area contributed by atoms with Gasteiger partial charge in [-0.3, -0.25) is 4.79 Å². The number of carboxylic acid groups (broad SMARTS) is 2. The van der Waals surface area contributed by atoms with E-state index in [1.54, 1.807) is 4.57 Å². The van der Waals surface area contributed by atoms with Crippen molar-refractivity contribution in [2.45, 2.75) is 19.4 Å². The van der Waals surface area contributed by atoms with E-state index in [9.17, 15) is 19.1 Å². The van der Waals surface area contributed by atoms with Gasteiger partial charge in [0.1, 0.15) is 11.6 Å². The van der Waals surface area contributed by atoms with Crippen LogP contribution < -0.4 is 0 Å². The molecule has 1 aromatic carbocycles. The molecule has 6 nitrogen and oxygen atoms in total. The number of aliphatic carboxylic acids is 1. The maximum atomic E-state index is 13.0. The quantitative estimate of drug-likeness (QED) is 0.905. The number of aromatic carboxylic acids is 1. The van der Waals surface area contributed by atoms with Crippen LogP contribution in [0.25, 0.3) is 11.4 Å². The largest absolute Gasteiger partial charge is 0.481 e. The lowest BCUT2D eigenvalue weighted by molar-refractivity contribution is -0.142. The Morgan fingerprint density at radius 1 is 1.23 bits per heavy atom. The number of carbonyl (C=O) groups is 2. The molecular formula is C15H13FN2O4. The van der Waals surface area contributed by atoms with Gasteiger partial charge in [0.05, 0.1) is 11.6 Å². The van der Waals surface area contributed by atoms with Crippen LogP contribution in [0, 0.1) is 11.7 Å². The van der Waals surface area contributed by atoms with Crippen molar-refractivity contribution in [1.29, 1.82) is 0 Å². The van der Waals surface area contributed by atoms with Crippen molar-refractivity contribution in [2.24, 2.45) is 5.92 Å². The van der Waals surface area contributed by atoms with Crippen LogP contribution in [-0.4, -0.2) is 31.7 Å². The number of imidazole rings is 1. The molecule has 0 saturated carbocycles. The highest BCUT2D eigenvalue weighted by Crippen LogP contribution is 2.30. The van der Waals surface area contributed by atoms with Crippen LogP contribution in [0.3, 0.4) is 0 Å². The van der Waals surface area contributed by atoms with E-state index < -0.39 is 23.7 Å². The number of rotatable bonds is 3. The molecule has 0 fully saturated rings. The van der Waals surface area contributed by atoms with E-state index in [0.29, 0.717) is 30.0 Å². The summed E-state index contributed by atoms with van der Waals surface area (Å²) < 4.78 is 14.7. The van der Waals surface area contributed by atoms with E-state index in [-0.39, 0.29) is 12.1 Å². The number of carboxylic acids is 2. The first kappa shape index (κ1) is 14.2. The minimum Gasteiger partial charge on any atom is -0.481 e. The van der Waals surface area contributed by atoms with Gasteiger partial charge in [0.25, 0.3) is 0 Å². The summed E-state index contributed by atoms with van der Waals surface area (Å²) in [6.45, 7) is 0.374. The van der Waals surface area contributed by atoms with Crippen molar-refractivity contribution in [3.8, 4) is 11.4 Å². The number of hydrogen-bond donors (Lipinski definition) is 2. The summed E-state index contributed by atoms with van der Waals surface area (Å²) in [4.78, 5) is 26.6. The minimum atomic E-state index is -1.19. The Bertz CT molecular complexity index is 752. The van der Waals surface area contributed by atoms with Gasteiger partial charge in [-0.15, -0.1) is 0 Å². The molecule has 0 aliphatic carbocycles. The van der Waals surface area contributed by atoms with Gasteiger partial charge in [0, 0.05) is 18.5 Å². The SMILES string of the molecule is O=C(O)c1nc(-c2ccc(F)cc2)n2c1CC(C(=O)O)CC2. The fourth-order valence-electron chi connectivity index (χ4n) is 2.76. The predicted molar refractivity (Wildman–Crippen MR) is 74.0 cm³/mol. The first-order valence-electron chi connectivity index (χ1n) is 6.79. The molecular weight excluding hydrogens is 291 g/mol. The molecule has 1 aromatic heterocycles. The molecule has 0 bridgehead atoms. The standard InChI is InChI=1S/C15H13FN2O4/c16-10-3-1-8(2-4-10)13-17-12(15(21)22)11-7-9(14(19)20)5-6-18(11)13/h1-4,9H,5-7H2,(H,19,20)(H,21,22). The van der Waals surface area contributed by atoms with Crippen LogP contribution in [0.5, 0.6) is 0 Å². The summed E-state index contributed by atoms with van der Waals surface area (Å²) in [6.07, 6.45) is 0.539. The molecule has 0 spiro atoms. The molecule has 0 radical (unpaired) electrons. The summed E-state index contributed by atoms with van der Waals surface area (Å²) in [5, 5.41) is 18.4. The van der Waals surface area contributed by atoms with Gasteiger partial charge in [-0.1, -0.05) is 0 Å². The zero-order chi connectivity index (χ0) is 15.9. The Morgan fingerprint density at radius 2 is 1.91 bits per heavy atom. The van der Waals surface area contributed by atoms with Crippen molar-refractivity contribution in [3.05, 3.63) is 41.5 Å². The lowest BCUT2D eigenvalue weighted by Gasteiger charge is -2.22. The third-order valence-electron chi connectivity index (χ3n) is 3.87. The van der Waals surface area contributed by atoms with E-state index in [1.807, 2.05) is 0 Å². The number of benzene rings is 1. The van der Waals surface area contributed by atoms with Gasteiger partial charge in [-0.05, 0) is 30.7 Å². The van der Waals surface area contributed by atoms with Gasteiger partial charge in [-0.2, -0.15) is 0 Å². The van der Waals surface area contributed by atoms with Crippen molar-refractivity contribution in [1.82, 2.24) is 9.55 Å². The van der Waals surface area contributed by atoms with Crippen LogP contribution in [0.2, 0.25) is 0 Å². The molecule has 2 aromatic rings. The first-order valence-corrected chi connectivity index (χ1v) is 6.79. The molecule has 1 unspecified atom stereocenters.